The van der Waals surface area contributed by atoms with Crippen molar-refractivity contribution in [3.05, 3.63) is 35.4 Å². The van der Waals surface area contributed by atoms with Gasteiger partial charge in [-0.1, -0.05) is 6.07 Å². The number of carbonyl (C=O) groups is 1. The van der Waals surface area contributed by atoms with E-state index in [1.54, 1.807) is 0 Å². The molecule has 0 aliphatic carbocycles. The Hall–Kier alpha value is -1.49. The second-order valence-corrected chi connectivity index (χ2v) is 3.92. The highest BCUT2D eigenvalue weighted by atomic mass is 19.1. The predicted octanol–water partition coefficient (Wildman–Crippen LogP) is 1.11. The lowest BCUT2D eigenvalue weighted by atomic mass is 10.0. The normalized spacial score (nSPS) is 25.3. The third-order valence-corrected chi connectivity index (χ3v) is 2.55. The monoisotopic (exact) mass is 226 g/mol. The van der Waals surface area contributed by atoms with Gasteiger partial charge in [0.2, 0.25) is 5.91 Å². The Labute approximate surface area is 91.8 Å². The van der Waals surface area contributed by atoms with Crippen molar-refractivity contribution in [2.75, 3.05) is 6.54 Å². The summed E-state index contributed by atoms with van der Waals surface area (Å²) in [7, 11) is 0. The first-order valence-electron chi connectivity index (χ1n) is 5.06. The molecule has 1 amide bonds. The zero-order chi connectivity index (χ0) is 11.7. The predicted molar refractivity (Wildman–Crippen MR) is 54.7 cm³/mol. The number of hydrogen-bond acceptors (Lipinski definition) is 2. The van der Waals surface area contributed by atoms with Crippen molar-refractivity contribution in [3.8, 4) is 0 Å². The maximum atomic E-state index is 13.4. The van der Waals surface area contributed by atoms with Gasteiger partial charge in [0.25, 0.3) is 0 Å². The molecular formula is C11H12F2N2O. The minimum absolute atomic E-state index is 0.0206. The van der Waals surface area contributed by atoms with Crippen LogP contribution in [0, 0.1) is 11.6 Å². The molecule has 1 aromatic rings. The van der Waals surface area contributed by atoms with Crippen molar-refractivity contribution in [2.24, 2.45) is 0 Å². The Bertz CT molecular complexity index is 422. The number of halogens is 2. The quantitative estimate of drug-likeness (QED) is 0.753. The van der Waals surface area contributed by atoms with Crippen molar-refractivity contribution in [1.29, 1.82) is 0 Å². The lowest BCUT2D eigenvalue weighted by Gasteiger charge is -2.28. The summed E-state index contributed by atoms with van der Waals surface area (Å²) in [5.41, 5.74) is 0.172. The maximum absolute atomic E-state index is 13.4. The average Bonchev–Trinajstić information content (AvgIpc) is 2.19. The van der Waals surface area contributed by atoms with Crippen LogP contribution in [0.2, 0.25) is 0 Å². The Kier molecular flexibility index (Phi) is 2.87. The molecule has 0 aromatic heterocycles. The Morgan fingerprint density at radius 1 is 1.38 bits per heavy atom. The van der Waals surface area contributed by atoms with Crippen LogP contribution in [0.3, 0.4) is 0 Å². The van der Waals surface area contributed by atoms with Crippen molar-refractivity contribution < 1.29 is 13.6 Å². The molecule has 1 saturated heterocycles. The molecule has 5 heteroatoms. The first-order valence-corrected chi connectivity index (χ1v) is 5.06. The Morgan fingerprint density at radius 2 is 2.12 bits per heavy atom. The summed E-state index contributed by atoms with van der Waals surface area (Å²) in [5.74, 6) is -1.64. The lowest BCUT2D eigenvalue weighted by molar-refractivity contribution is -0.125. The van der Waals surface area contributed by atoms with E-state index in [0.29, 0.717) is 6.54 Å². The van der Waals surface area contributed by atoms with Crippen LogP contribution in [0.5, 0.6) is 0 Å². The molecule has 86 valence electrons. The second-order valence-electron chi connectivity index (χ2n) is 3.92. The molecule has 0 radical (unpaired) electrons. The fourth-order valence-electron chi connectivity index (χ4n) is 1.75. The molecule has 0 spiro atoms. The van der Waals surface area contributed by atoms with E-state index in [2.05, 4.69) is 10.6 Å². The molecule has 2 N–H and O–H groups in total. The van der Waals surface area contributed by atoms with Gasteiger partial charge in [0.1, 0.15) is 17.7 Å². The van der Waals surface area contributed by atoms with Crippen molar-refractivity contribution in [3.63, 3.8) is 0 Å². The summed E-state index contributed by atoms with van der Waals surface area (Å²) in [6.45, 7) is 2.41. The van der Waals surface area contributed by atoms with Crippen molar-refractivity contribution >= 4 is 5.91 Å². The van der Waals surface area contributed by atoms with Gasteiger partial charge in [-0.25, -0.2) is 8.78 Å². The SMILES string of the molecule is CC1CNC(c2ccc(F)cc2F)C(=O)N1. The molecule has 2 rings (SSSR count). The van der Waals surface area contributed by atoms with Crippen LogP contribution in [-0.2, 0) is 4.79 Å². The van der Waals surface area contributed by atoms with E-state index in [4.69, 9.17) is 0 Å². The third-order valence-electron chi connectivity index (χ3n) is 2.55. The number of piperazine rings is 1. The molecule has 2 atom stereocenters. The van der Waals surface area contributed by atoms with Gasteiger partial charge in [-0.3, -0.25) is 4.79 Å². The van der Waals surface area contributed by atoms with Crippen LogP contribution in [0.4, 0.5) is 8.78 Å². The van der Waals surface area contributed by atoms with Crippen LogP contribution >= 0.6 is 0 Å². The summed E-state index contributed by atoms with van der Waals surface area (Å²) in [6, 6.07) is 2.50. The Balaban J connectivity index is 2.27. The Morgan fingerprint density at radius 3 is 2.75 bits per heavy atom. The average molecular weight is 226 g/mol. The summed E-state index contributed by atoms with van der Waals surface area (Å²) < 4.78 is 26.2. The summed E-state index contributed by atoms with van der Waals surface area (Å²) in [5, 5.41) is 5.63. The van der Waals surface area contributed by atoms with E-state index >= 15 is 0 Å². The zero-order valence-electron chi connectivity index (χ0n) is 8.76. The van der Waals surface area contributed by atoms with Gasteiger partial charge in [-0.15, -0.1) is 0 Å². The van der Waals surface area contributed by atoms with E-state index < -0.39 is 17.7 Å². The van der Waals surface area contributed by atoms with Crippen LogP contribution in [0.15, 0.2) is 18.2 Å². The van der Waals surface area contributed by atoms with E-state index in [0.717, 1.165) is 12.1 Å². The largest absolute Gasteiger partial charge is 0.351 e. The fourth-order valence-corrected chi connectivity index (χ4v) is 1.75. The molecule has 1 aliphatic heterocycles. The van der Waals surface area contributed by atoms with Crippen molar-refractivity contribution in [1.82, 2.24) is 10.6 Å². The second kappa shape index (κ2) is 4.17. The first kappa shape index (κ1) is 11.0. The molecule has 2 unspecified atom stereocenters. The first-order chi connectivity index (χ1) is 7.58. The molecule has 0 bridgehead atoms. The third kappa shape index (κ3) is 2.04. The summed E-state index contributed by atoms with van der Waals surface area (Å²) in [4.78, 5) is 11.6. The summed E-state index contributed by atoms with van der Waals surface area (Å²) in [6.07, 6.45) is 0. The number of nitrogens with one attached hydrogen (secondary N) is 2. The highest BCUT2D eigenvalue weighted by Gasteiger charge is 2.28. The van der Waals surface area contributed by atoms with Gasteiger partial charge < -0.3 is 10.6 Å². The molecule has 1 aliphatic rings. The van der Waals surface area contributed by atoms with Gasteiger partial charge in [0, 0.05) is 24.2 Å². The van der Waals surface area contributed by atoms with Gasteiger partial charge >= 0.3 is 0 Å². The molecule has 3 nitrogen and oxygen atoms in total. The van der Waals surface area contributed by atoms with Crippen LogP contribution < -0.4 is 10.6 Å². The number of carbonyl (C=O) groups excluding carboxylic acids is 1. The highest BCUT2D eigenvalue weighted by Crippen LogP contribution is 2.20. The zero-order valence-corrected chi connectivity index (χ0v) is 8.76. The minimum atomic E-state index is -0.739. The van der Waals surface area contributed by atoms with E-state index in [9.17, 15) is 13.6 Å². The highest BCUT2D eigenvalue weighted by molar-refractivity contribution is 5.84. The lowest BCUT2D eigenvalue weighted by Crippen LogP contribution is -2.52. The number of rotatable bonds is 1. The van der Waals surface area contributed by atoms with Gasteiger partial charge in [-0.05, 0) is 13.0 Å². The number of benzene rings is 1. The van der Waals surface area contributed by atoms with Crippen LogP contribution in [0.1, 0.15) is 18.5 Å². The number of amides is 1. The molecule has 1 aromatic carbocycles. The van der Waals surface area contributed by atoms with Gasteiger partial charge in [0.15, 0.2) is 0 Å². The molecule has 1 heterocycles. The minimum Gasteiger partial charge on any atom is -0.351 e. The topological polar surface area (TPSA) is 41.1 Å². The standard InChI is InChI=1S/C11H12F2N2O/c1-6-5-14-10(11(16)15-6)8-3-2-7(12)4-9(8)13/h2-4,6,10,14H,5H2,1H3,(H,15,16). The van der Waals surface area contributed by atoms with E-state index in [1.165, 1.54) is 6.07 Å². The van der Waals surface area contributed by atoms with Crippen LogP contribution in [0.25, 0.3) is 0 Å². The smallest absolute Gasteiger partial charge is 0.242 e. The molecule has 16 heavy (non-hydrogen) atoms. The maximum Gasteiger partial charge on any atom is 0.242 e. The number of hydrogen-bond donors (Lipinski definition) is 2. The van der Waals surface area contributed by atoms with Gasteiger partial charge in [0.05, 0.1) is 0 Å². The van der Waals surface area contributed by atoms with E-state index in [1.807, 2.05) is 6.92 Å². The van der Waals surface area contributed by atoms with E-state index in [-0.39, 0.29) is 17.5 Å². The fraction of sp³-hybridized carbons (Fsp3) is 0.364. The van der Waals surface area contributed by atoms with Crippen molar-refractivity contribution in [2.45, 2.75) is 19.0 Å². The molecule has 1 fully saturated rings. The van der Waals surface area contributed by atoms with Gasteiger partial charge in [-0.2, -0.15) is 0 Å². The molecule has 0 saturated carbocycles. The van der Waals surface area contributed by atoms with Crippen LogP contribution in [-0.4, -0.2) is 18.5 Å². The summed E-state index contributed by atoms with van der Waals surface area (Å²) >= 11 is 0. The molecular weight excluding hydrogens is 214 g/mol.